The Morgan fingerprint density at radius 1 is 1.42 bits per heavy atom. The highest BCUT2D eigenvalue weighted by Crippen LogP contribution is 2.22. The molecule has 0 spiro atoms. The van der Waals surface area contributed by atoms with Crippen LogP contribution in [0, 0.1) is 12.3 Å². The van der Waals surface area contributed by atoms with Crippen LogP contribution in [0.4, 0.5) is 0 Å². The van der Waals surface area contributed by atoms with Crippen molar-refractivity contribution in [2.24, 2.45) is 5.41 Å². The first-order valence-electron chi connectivity index (χ1n) is 6.49. The number of carbonyl (C=O) groups is 1. The zero-order valence-electron chi connectivity index (χ0n) is 11.8. The molecule has 0 saturated carbocycles. The fourth-order valence-electron chi connectivity index (χ4n) is 1.95. The Balaban J connectivity index is 2.60. The molecule has 4 heteroatoms. The lowest BCUT2D eigenvalue weighted by atomic mass is 9.88. The molecule has 2 N–H and O–H groups in total. The van der Waals surface area contributed by atoms with Crippen molar-refractivity contribution >= 4 is 17.5 Å². The summed E-state index contributed by atoms with van der Waals surface area (Å²) in [7, 11) is 0. The molecule has 1 rings (SSSR count). The summed E-state index contributed by atoms with van der Waals surface area (Å²) in [5.41, 5.74) is 1.41. The predicted molar refractivity (Wildman–Crippen MR) is 78.9 cm³/mol. The van der Waals surface area contributed by atoms with Crippen LogP contribution in [-0.4, -0.2) is 23.4 Å². The van der Waals surface area contributed by atoms with Crippen LogP contribution in [0.2, 0.25) is 0 Å². The SMILES string of the molecule is Cc1cc(O)ccc1C(=O)NCC(C)(C)CCCCl. The maximum absolute atomic E-state index is 12.1. The summed E-state index contributed by atoms with van der Waals surface area (Å²) in [6.45, 7) is 6.66. The van der Waals surface area contributed by atoms with Gasteiger partial charge in [-0.1, -0.05) is 13.8 Å². The van der Waals surface area contributed by atoms with Crippen LogP contribution in [0.5, 0.6) is 5.75 Å². The fraction of sp³-hybridized carbons (Fsp3) is 0.533. The van der Waals surface area contributed by atoms with Crippen molar-refractivity contribution in [3.05, 3.63) is 29.3 Å². The molecule has 0 radical (unpaired) electrons. The summed E-state index contributed by atoms with van der Waals surface area (Å²) in [5.74, 6) is 0.724. The first kappa shape index (κ1) is 15.8. The number of rotatable bonds is 6. The van der Waals surface area contributed by atoms with Gasteiger partial charge in [0.25, 0.3) is 5.91 Å². The maximum Gasteiger partial charge on any atom is 0.251 e. The van der Waals surface area contributed by atoms with Crippen LogP contribution in [0.15, 0.2) is 18.2 Å². The lowest BCUT2D eigenvalue weighted by molar-refractivity contribution is 0.0934. The van der Waals surface area contributed by atoms with E-state index in [2.05, 4.69) is 19.2 Å². The van der Waals surface area contributed by atoms with E-state index < -0.39 is 0 Å². The van der Waals surface area contributed by atoms with Gasteiger partial charge in [0.2, 0.25) is 0 Å². The number of nitrogens with one attached hydrogen (secondary N) is 1. The van der Waals surface area contributed by atoms with E-state index in [1.54, 1.807) is 12.1 Å². The second-order valence-corrected chi connectivity index (χ2v) is 6.02. The lowest BCUT2D eigenvalue weighted by Crippen LogP contribution is -2.34. The van der Waals surface area contributed by atoms with Crippen LogP contribution >= 0.6 is 11.6 Å². The summed E-state index contributed by atoms with van der Waals surface area (Å²) < 4.78 is 0. The highest BCUT2D eigenvalue weighted by Gasteiger charge is 2.19. The van der Waals surface area contributed by atoms with Crippen molar-refractivity contribution in [3.8, 4) is 5.75 Å². The van der Waals surface area contributed by atoms with Gasteiger partial charge in [-0.2, -0.15) is 0 Å². The summed E-state index contributed by atoms with van der Waals surface area (Å²) in [4.78, 5) is 12.1. The largest absolute Gasteiger partial charge is 0.508 e. The van der Waals surface area contributed by atoms with Crippen LogP contribution in [0.1, 0.15) is 42.6 Å². The number of phenolic OH excluding ortho intramolecular Hbond substituents is 1. The summed E-state index contributed by atoms with van der Waals surface area (Å²) in [5, 5.41) is 12.3. The Kier molecular flexibility index (Phi) is 5.67. The molecule has 0 heterocycles. The third kappa shape index (κ3) is 5.11. The predicted octanol–water partition coefficient (Wildman–Crippen LogP) is 3.48. The first-order chi connectivity index (χ1) is 8.85. The van der Waals surface area contributed by atoms with E-state index >= 15 is 0 Å². The molecule has 0 saturated heterocycles. The van der Waals surface area contributed by atoms with Crippen molar-refractivity contribution in [1.29, 1.82) is 0 Å². The van der Waals surface area contributed by atoms with Gasteiger partial charge in [0.15, 0.2) is 0 Å². The minimum atomic E-state index is -0.101. The van der Waals surface area contributed by atoms with E-state index in [9.17, 15) is 9.90 Å². The monoisotopic (exact) mass is 283 g/mol. The number of hydrogen-bond acceptors (Lipinski definition) is 2. The molecule has 0 aliphatic carbocycles. The summed E-state index contributed by atoms with van der Waals surface area (Å²) >= 11 is 5.69. The molecular formula is C15H22ClNO2. The molecule has 1 aromatic carbocycles. The lowest BCUT2D eigenvalue weighted by Gasteiger charge is -2.24. The van der Waals surface area contributed by atoms with Crippen molar-refractivity contribution < 1.29 is 9.90 Å². The molecule has 0 unspecified atom stereocenters. The molecule has 106 valence electrons. The molecule has 0 aliphatic heterocycles. The Labute approximate surface area is 120 Å². The van der Waals surface area contributed by atoms with Gasteiger partial charge in [0.1, 0.15) is 5.75 Å². The summed E-state index contributed by atoms with van der Waals surface area (Å²) in [6.07, 6.45) is 1.92. The van der Waals surface area contributed by atoms with E-state index in [1.165, 1.54) is 6.07 Å². The molecule has 0 fully saturated rings. The molecule has 3 nitrogen and oxygen atoms in total. The van der Waals surface area contributed by atoms with Crippen LogP contribution < -0.4 is 5.32 Å². The highest BCUT2D eigenvalue weighted by molar-refractivity contribution is 6.17. The standard InChI is InChI=1S/C15H22ClNO2/c1-11-9-12(18)5-6-13(11)14(19)17-10-15(2,3)7-4-8-16/h5-6,9,18H,4,7-8,10H2,1-3H3,(H,17,19). The topological polar surface area (TPSA) is 49.3 Å². The van der Waals surface area contributed by atoms with Gasteiger partial charge in [0.05, 0.1) is 0 Å². The number of aromatic hydroxyl groups is 1. The zero-order chi connectivity index (χ0) is 14.5. The number of phenols is 1. The number of halogens is 1. The Hall–Kier alpha value is -1.22. The van der Waals surface area contributed by atoms with Gasteiger partial charge in [-0.3, -0.25) is 4.79 Å². The molecule has 0 bridgehead atoms. The fourth-order valence-corrected chi connectivity index (χ4v) is 2.08. The number of amides is 1. The van der Waals surface area contributed by atoms with Gasteiger partial charge in [-0.25, -0.2) is 0 Å². The number of hydrogen-bond donors (Lipinski definition) is 2. The smallest absolute Gasteiger partial charge is 0.251 e. The Morgan fingerprint density at radius 2 is 2.11 bits per heavy atom. The molecular weight excluding hydrogens is 262 g/mol. The van der Waals surface area contributed by atoms with E-state index in [0.717, 1.165) is 18.4 Å². The molecule has 0 aromatic heterocycles. The second-order valence-electron chi connectivity index (χ2n) is 5.64. The average molecular weight is 284 g/mol. The van der Waals surface area contributed by atoms with Gasteiger partial charge in [-0.05, 0) is 48.9 Å². The van der Waals surface area contributed by atoms with E-state index in [0.29, 0.717) is 18.0 Å². The molecule has 0 aliphatic rings. The Morgan fingerprint density at radius 3 is 2.68 bits per heavy atom. The average Bonchev–Trinajstić information content (AvgIpc) is 2.34. The van der Waals surface area contributed by atoms with Gasteiger partial charge >= 0.3 is 0 Å². The van der Waals surface area contributed by atoms with Gasteiger partial charge in [-0.15, -0.1) is 11.6 Å². The second kappa shape index (κ2) is 6.80. The first-order valence-corrected chi connectivity index (χ1v) is 7.03. The molecule has 0 atom stereocenters. The number of aryl methyl sites for hydroxylation is 1. The minimum absolute atomic E-state index is 0.0371. The van der Waals surface area contributed by atoms with Crippen molar-refractivity contribution in [2.45, 2.75) is 33.6 Å². The van der Waals surface area contributed by atoms with Crippen molar-refractivity contribution in [1.82, 2.24) is 5.32 Å². The van der Waals surface area contributed by atoms with Crippen molar-refractivity contribution in [2.75, 3.05) is 12.4 Å². The van der Waals surface area contributed by atoms with E-state index in [4.69, 9.17) is 11.6 Å². The third-order valence-corrected chi connectivity index (χ3v) is 3.44. The molecule has 1 aromatic rings. The number of carbonyl (C=O) groups excluding carboxylic acids is 1. The van der Waals surface area contributed by atoms with Crippen molar-refractivity contribution in [3.63, 3.8) is 0 Å². The highest BCUT2D eigenvalue weighted by atomic mass is 35.5. The van der Waals surface area contributed by atoms with E-state index in [1.807, 2.05) is 6.92 Å². The molecule has 1 amide bonds. The Bertz CT molecular complexity index is 444. The number of alkyl halides is 1. The normalized spacial score (nSPS) is 11.4. The summed E-state index contributed by atoms with van der Waals surface area (Å²) in [6, 6.07) is 4.76. The minimum Gasteiger partial charge on any atom is -0.508 e. The van der Waals surface area contributed by atoms with Gasteiger partial charge < -0.3 is 10.4 Å². The van der Waals surface area contributed by atoms with Crippen LogP contribution in [-0.2, 0) is 0 Å². The van der Waals surface area contributed by atoms with Crippen LogP contribution in [0.25, 0.3) is 0 Å². The van der Waals surface area contributed by atoms with E-state index in [-0.39, 0.29) is 17.1 Å². The van der Waals surface area contributed by atoms with Crippen LogP contribution in [0.3, 0.4) is 0 Å². The molecule has 19 heavy (non-hydrogen) atoms. The third-order valence-electron chi connectivity index (χ3n) is 3.17. The quantitative estimate of drug-likeness (QED) is 0.785. The number of benzene rings is 1. The zero-order valence-corrected chi connectivity index (χ0v) is 12.5. The maximum atomic E-state index is 12.1. The van der Waals surface area contributed by atoms with Gasteiger partial charge in [0, 0.05) is 18.0 Å².